The molecule has 1 aliphatic rings. The first-order chi connectivity index (χ1) is 11.2. The Labute approximate surface area is 141 Å². The van der Waals surface area contributed by atoms with Gasteiger partial charge in [0.25, 0.3) is 0 Å². The van der Waals surface area contributed by atoms with Crippen LogP contribution in [0.4, 0.5) is 0 Å². The number of imidazole rings is 1. The van der Waals surface area contributed by atoms with E-state index in [0.717, 1.165) is 23.8 Å². The van der Waals surface area contributed by atoms with Crippen LogP contribution in [0.25, 0.3) is 5.69 Å². The Bertz CT molecular complexity index is 637. The molecule has 1 aromatic heterocycles. The Morgan fingerprint density at radius 2 is 1.96 bits per heavy atom. The third-order valence-electron chi connectivity index (χ3n) is 4.47. The van der Waals surface area contributed by atoms with Crippen molar-refractivity contribution in [3.8, 4) is 5.69 Å². The molecule has 1 N–H and O–H groups in total. The molecule has 2 aromatic rings. The van der Waals surface area contributed by atoms with E-state index in [-0.39, 0.29) is 12.0 Å². The molecule has 124 valence electrons. The number of aryl methyl sites for hydroxylation is 2. The van der Waals surface area contributed by atoms with Crippen molar-refractivity contribution >= 4 is 11.8 Å². The average molecular weight is 332 g/mol. The number of hydrogen-bond donors (Lipinski definition) is 1. The average Bonchev–Trinajstić information content (AvgIpc) is 3.01. The van der Waals surface area contributed by atoms with Crippen molar-refractivity contribution < 1.29 is 9.84 Å². The lowest BCUT2D eigenvalue weighted by Crippen LogP contribution is -2.47. The first-order valence-corrected chi connectivity index (χ1v) is 9.17. The summed E-state index contributed by atoms with van der Waals surface area (Å²) in [5.41, 5.74) is 3.85. The zero-order chi connectivity index (χ0) is 16.3. The molecule has 0 spiro atoms. The monoisotopic (exact) mass is 332 g/mol. The zero-order valence-electron chi connectivity index (χ0n) is 13.8. The Balaban J connectivity index is 1.89. The number of aromatic nitrogens is 2. The summed E-state index contributed by atoms with van der Waals surface area (Å²) < 4.78 is 7.49. The van der Waals surface area contributed by atoms with Crippen LogP contribution < -0.4 is 0 Å². The lowest BCUT2D eigenvalue weighted by molar-refractivity contribution is -0.121. The Kier molecular flexibility index (Phi) is 5.09. The molecule has 1 saturated heterocycles. The maximum Gasteiger partial charge on any atom is 0.172 e. The highest BCUT2D eigenvalue weighted by molar-refractivity contribution is 7.99. The van der Waals surface area contributed by atoms with Crippen LogP contribution >= 0.6 is 11.8 Å². The number of rotatable bonds is 7. The van der Waals surface area contributed by atoms with Crippen molar-refractivity contribution in [2.24, 2.45) is 5.41 Å². The first-order valence-electron chi connectivity index (χ1n) is 8.19. The molecule has 0 bridgehead atoms. The predicted octanol–water partition coefficient (Wildman–Crippen LogP) is 3.10. The lowest BCUT2D eigenvalue weighted by Gasteiger charge is -2.39. The van der Waals surface area contributed by atoms with E-state index in [9.17, 15) is 5.11 Å². The summed E-state index contributed by atoms with van der Waals surface area (Å²) in [5, 5.41) is 10.6. The Morgan fingerprint density at radius 3 is 2.48 bits per heavy atom. The normalized spacial score (nSPS) is 16.3. The molecule has 4 nitrogen and oxygen atoms in total. The second-order valence-electron chi connectivity index (χ2n) is 6.15. The molecule has 1 aliphatic heterocycles. The molecule has 0 aliphatic carbocycles. The molecular formula is C18H24N2O2S. The fraction of sp³-hybridized carbons (Fsp3) is 0.500. The van der Waals surface area contributed by atoms with E-state index in [2.05, 4.69) is 41.6 Å². The van der Waals surface area contributed by atoms with Crippen LogP contribution in [0.2, 0.25) is 0 Å². The maximum absolute atomic E-state index is 9.60. The number of aliphatic hydroxyl groups is 1. The molecular weight excluding hydrogens is 308 g/mol. The third kappa shape index (κ3) is 3.18. The van der Waals surface area contributed by atoms with Gasteiger partial charge in [0, 0.05) is 23.6 Å². The van der Waals surface area contributed by atoms with Gasteiger partial charge in [-0.1, -0.05) is 43.8 Å². The van der Waals surface area contributed by atoms with Gasteiger partial charge in [0.2, 0.25) is 0 Å². The van der Waals surface area contributed by atoms with Gasteiger partial charge in [-0.3, -0.25) is 4.57 Å². The minimum atomic E-state index is -0.0979. The molecule has 1 aromatic carbocycles. The molecule has 5 heteroatoms. The largest absolute Gasteiger partial charge is 0.396 e. The van der Waals surface area contributed by atoms with Gasteiger partial charge in [-0.25, -0.2) is 4.98 Å². The van der Waals surface area contributed by atoms with Gasteiger partial charge in [0.15, 0.2) is 5.16 Å². The molecule has 0 saturated carbocycles. The summed E-state index contributed by atoms with van der Waals surface area (Å²) in [6.45, 7) is 5.83. The summed E-state index contributed by atoms with van der Waals surface area (Å²) in [6, 6.07) is 6.52. The number of ether oxygens (including phenoxy) is 1. The number of benzene rings is 1. The number of thioether (sulfide) groups is 1. The number of hydrogen-bond acceptors (Lipinski definition) is 4. The Hall–Kier alpha value is -1.30. The zero-order valence-corrected chi connectivity index (χ0v) is 14.6. The highest BCUT2D eigenvalue weighted by atomic mass is 32.2. The van der Waals surface area contributed by atoms with Crippen LogP contribution in [0.3, 0.4) is 0 Å². The highest BCUT2D eigenvalue weighted by Gasteiger charge is 2.38. The van der Waals surface area contributed by atoms with E-state index in [1.807, 2.05) is 12.4 Å². The van der Waals surface area contributed by atoms with Crippen molar-refractivity contribution in [1.29, 1.82) is 0 Å². The topological polar surface area (TPSA) is 47.3 Å². The fourth-order valence-corrected chi connectivity index (χ4v) is 4.04. The van der Waals surface area contributed by atoms with Gasteiger partial charge in [0.1, 0.15) is 0 Å². The molecule has 2 heterocycles. The summed E-state index contributed by atoms with van der Waals surface area (Å²) in [7, 11) is 0. The minimum Gasteiger partial charge on any atom is -0.396 e. The summed E-state index contributed by atoms with van der Waals surface area (Å²) >= 11 is 1.71. The van der Waals surface area contributed by atoms with E-state index < -0.39 is 0 Å². The SMILES string of the molecule is CCc1cccc(CC)c1-n1ccnc1SCC1(CO)COC1. The van der Waals surface area contributed by atoms with Crippen molar-refractivity contribution in [3.63, 3.8) is 0 Å². The highest BCUT2D eigenvalue weighted by Crippen LogP contribution is 2.35. The van der Waals surface area contributed by atoms with E-state index in [0.29, 0.717) is 13.2 Å². The van der Waals surface area contributed by atoms with E-state index in [1.54, 1.807) is 11.8 Å². The molecule has 0 radical (unpaired) electrons. The van der Waals surface area contributed by atoms with Crippen LogP contribution in [0.15, 0.2) is 35.7 Å². The van der Waals surface area contributed by atoms with Crippen LogP contribution in [0.1, 0.15) is 25.0 Å². The standard InChI is InChI=1S/C18H24N2O2S/c1-3-14-6-5-7-15(4-2)16(14)20-9-8-19-17(20)23-13-18(10-21)11-22-12-18/h5-9,21H,3-4,10-13H2,1-2H3. The third-order valence-corrected chi connectivity index (χ3v) is 5.79. The minimum absolute atomic E-state index is 0.0979. The maximum atomic E-state index is 9.60. The number of para-hydroxylation sites is 1. The van der Waals surface area contributed by atoms with Crippen molar-refractivity contribution in [2.45, 2.75) is 31.8 Å². The first kappa shape index (κ1) is 16.6. The number of nitrogens with zero attached hydrogens (tertiary/aromatic N) is 2. The predicted molar refractivity (Wildman–Crippen MR) is 93.4 cm³/mol. The van der Waals surface area contributed by atoms with Crippen LogP contribution in [-0.4, -0.2) is 40.2 Å². The van der Waals surface area contributed by atoms with Crippen molar-refractivity contribution in [2.75, 3.05) is 25.6 Å². The van der Waals surface area contributed by atoms with Gasteiger partial charge in [-0.15, -0.1) is 0 Å². The van der Waals surface area contributed by atoms with Crippen LogP contribution in [-0.2, 0) is 17.6 Å². The van der Waals surface area contributed by atoms with E-state index in [1.165, 1.54) is 16.8 Å². The molecule has 0 atom stereocenters. The van der Waals surface area contributed by atoms with Crippen LogP contribution in [0.5, 0.6) is 0 Å². The van der Waals surface area contributed by atoms with Crippen molar-refractivity contribution in [3.05, 3.63) is 41.7 Å². The van der Waals surface area contributed by atoms with Crippen LogP contribution in [0, 0.1) is 5.41 Å². The molecule has 0 amide bonds. The second kappa shape index (κ2) is 7.07. The van der Waals surface area contributed by atoms with Crippen molar-refractivity contribution in [1.82, 2.24) is 9.55 Å². The molecule has 1 fully saturated rings. The quantitative estimate of drug-likeness (QED) is 0.792. The van der Waals surface area contributed by atoms with E-state index >= 15 is 0 Å². The van der Waals surface area contributed by atoms with Gasteiger partial charge >= 0.3 is 0 Å². The van der Waals surface area contributed by atoms with Gasteiger partial charge in [-0.2, -0.15) is 0 Å². The van der Waals surface area contributed by atoms with E-state index in [4.69, 9.17) is 4.74 Å². The smallest absolute Gasteiger partial charge is 0.172 e. The summed E-state index contributed by atoms with van der Waals surface area (Å²) in [6.07, 6.45) is 5.90. The Morgan fingerprint density at radius 1 is 1.26 bits per heavy atom. The summed E-state index contributed by atoms with van der Waals surface area (Å²) in [5.74, 6) is 0.830. The molecule has 0 unspecified atom stereocenters. The lowest BCUT2D eigenvalue weighted by atomic mass is 9.90. The van der Waals surface area contributed by atoms with Gasteiger partial charge in [0.05, 0.1) is 25.5 Å². The van der Waals surface area contributed by atoms with Gasteiger partial charge in [-0.05, 0) is 24.0 Å². The molecule has 3 rings (SSSR count). The molecule has 23 heavy (non-hydrogen) atoms. The second-order valence-corrected chi connectivity index (χ2v) is 7.09. The summed E-state index contributed by atoms with van der Waals surface area (Å²) in [4.78, 5) is 4.54. The number of aliphatic hydroxyl groups excluding tert-OH is 1. The van der Waals surface area contributed by atoms with Gasteiger partial charge < -0.3 is 9.84 Å². The fourth-order valence-electron chi connectivity index (χ4n) is 2.92.